The van der Waals surface area contributed by atoms with Crippen molar-refractivity contribution in [3.8, 4) is 0 Å². The Hall–Kier alpha value is -1.87. The zero-order valence-corrected chi connectivity index (χ0v) is 13.6. The van der Waals surface area contributed by atoms with Gasteiger partial charge in [-0.25, -0.2) is 4.98 Å². The van der Waals surface area contributed by atoms with Gasteiger partial charge in [0.25, 0.3) is 0 Å². The Morgan fingerprint density at radius 2 is 1.65 bits per heavy atom. The van der Waals surface area contributed by atoms with E-state index in [4.69, 9.17) is 0 Å². The number of nitrogens with one attached hydrogen (secondary N) is 1. The van der Waals surface area contributed by atoms with E-state index >= 15 is 0 Å². The van der Waals surface area contributed by atoms with Crippen molar-refractivity contribution in [2.75, 3.05) is 18.0 Å². The first-order valence-electron chi connectivity index (χ1n) is 8.87. The number of benzene rings is 1. The SMILES string of the molecule is c1ccc(C(NC2CCN(c3ccccn3)CC2)C2CC2)cc1. The number of hydrogen-bond donors (Lipinski definition) is 1. The summed E-state index contributed by atoms with van der Waals surface area (Å²) in [5, 5.41) is 3.96. The summed E-state index contributed by atoms with van der Waals surface area (Å²) >= 11 is 0. The molecule has 2 fully saturated rings. The van der Waals surface area contributed by atoms with Crippen LogP contribution in [0.4, 0.5) is 5.82 Å². The highest BCUT2D eigenvalue weighted by atomic mass is 15.2. The first-order valence-corrected chi connectivity index (χ1v) is 8.87. The van der Waals surface area contributed by atoms with Gasteiger partial charge in [0.05, 0.1) is 0 Å². The molecule has 2 heterocycles. The maximum absolute atomic E-state index is 4.48. The van der Waals surface area contributed by atoms with Crippen LogP contribution in [-0.2, 0) is 0 Å². The Labute approximate surface area is 138 Å². The van der Waals surface area contributed by atoms with Gasteiger partial charge in [-0.1, -0.05) is 36.4 Å². The fourth-order valence-corrected chi connectivity index (χ4v) is 3.66. The quantitative estimate of drug-likeness (QED) is 0.911. The lowest BCUT2D eigenvalue weighted by Crippen LogP contribution is -2.44. The van der Waals surface area contributed by atoms with Crippen molar-refractivity contribution in [2.45, 2.75) is 37.8 Å². The molecule has 1 aromatic heterocycles. The summed E-state index contributed by atoms with van der Waals surface area (Å²) in [4.78, 5) is 6.89. The Bertz CT molecular complexity index is 601. The van der Waals surface area contributed by atoms with Gasteiger partial charge < -0.3 is 10.2 Å². The van der Waals surface area contributed by atoms with E-state index in [9.17, 15) is 0 Å². The Morgan fingerprint density at radius 3 is 2.30 bits per heavy atom. The van der Waals surface area contributed by atoms with Crippen LogP contribution in [0.5, 0.6) is 0 Å². The molecule has 23 heavy (non-hydrogen) atoms. The van der Waals surface area contributed by atoms with Crippen molar-refractivity contribution in [2.24, 2.45) is 5.92 Å². The number of pyridine rings is 1. The first-order chi connectivity index (χ1) is 11.4. The zero-order valence-electron chi connectivity index (χ0n) is 13.6. The van der Waals surface area contributed by atoms with Crippen molar-refractivity contribution < 1.29 is 0 Å². The van der Waals surface area contributed by atoms with Gasteiger partial charge in [-0.05, 0) is 49.3 Å². The molecule has 1 atom stereocenters. The van der Waals surface area contributed by atoms with E-state index in [1.807, 2.05) is 12.3 Å². The average molecular weight is 307 g/mol. The van der Waals surface area contributed by atoms with Crippen LogP contribution in [0.2, 0.25) is 0 Å². The van der Waals surface area contributed by atoms with Gasteiger partial charge in [0.15, 0.2) is 0 Å². The topological polar surface area (TPSA) is 28.2 Å². The molecular weight excluding hydrogens is 282 g/mol. The molecular formula is C20H25N3. The molecule has 1 aromatic carbocycles. The predicted molar refractivity (Wildman–Crippen MR) is 94.5 cm³/mol. The third kappa shape index (κ3) is 3.56. The molecule has 1 aliphatic heterocycles. The van der Waals surface area contributed by atoms with Gasteiger partial charge in [0.2, 0.25) is 0 Å². The smallest absolute Gasteiger partial charge is 0.128 e. The molecule has 2 aromatic rings. The molecule has 0 radical (unpaired) electrons. The molecule has 0 bridgehead atoms. The Morgan fingerprint density at radius 1 is 0.913 bits per heavy atom. The van der Waals surface area contributed by atoms with E-state index in [2.05, 4.69) is 57.7 Å². The molecule has 0 spiro atoms. The van der Waals surface area contributed by atoms with Gasteiger partial charge in [0.1, 0.15) is 5.82 Å². The lowest BCUT2D eigenvalue weighted by Gasteiger charge is -2.35. The van der Waals surface area contributed by atoms with Gasteiger partial charge in [0, 0.05) is 31.4 Å². The predicted octanol–water partition coefficient (Wildman–Crippen LogP) is 3.79. The van der Waals surface area contributed by atoms with Crippen LogP contribution >= 0.6 is 0 Å². The summed E-state index contributed by atoms with van der Waals surface area (Å²) in [5.74, 6) is 1.96. The van der Waals surface area contributed by atoms with Crippen molar-refractivity contribution >= 4 is 5.82 Å². The third-order valence-electron chi connectivity index (χ3n) is 5.14. The number of piperidine rings is 1. The van der Waals surface area contributed by atoms with Gasteiger partial charge in [-0.2, -0.15) is 0 Å². The third-order valence-corrected chi connectivity index (χ3v) is 5.14. The van der Waals surface area contributed by atoms with Crippen molar-refractivity contribution in [3.05, 3.63) is 60.3 Å². The van der Waals surface area contributed by atoms with E-state index < -0.39 is 0 Å². The first kappa shape index (κ1) is 14.7. The van der Waals surface area contributed by atoms with E-state index in [1.54, 1.807) is 0 Å². The van der Waals surface area contributed by atoms with Crippen molar-refractivity contribution in [1.82, 2.24) is 10.3 Å². The van der Waals surface area contributed by atoms with Crippen molar-refractivity contribution in [1.29, 1.82) is 0 Å². The highest BCUT2D eigenvalue weighted by Crippen LogP contribution is 2.41. The minimum Gasteiger partial charge on any atom is -0.357 e. The number of aromatic nitrogens is 1. The molecule has 1 saturated heterocycles. The van der Waals surface area contributed by atoms with Crippen LogP contribution < -0.4 is 10.2 Å². The molecule has 3 heteroatoms. The van der Waals surface area contributed by atoms with Crippen LogP contribution in [0.15, 0.2) is 54.7 Å². The summed E-state index contributed by atoms with van der Waals surface area (Å²) in [6, 6.07) is 18.3. The van der Waals surface area contributed by atoms with Crippen molar-refractivity contribution in [3.63, 3.8) is 0 Å². The molecule has 1 N–H and O–H groups in total. The van der Waals surface area contributed by atoms with E-state index in [1.165, 1.54) is 31.2 Å². The average Bonchev–Trinajstić information content (AvgIpc) is 3.47. The van der Waals surface area contributed by atoms with Crippen LogP contribution in [-0.4, -0.2) is 24.1 Å². The maximum atomic E-state index is 4.48. The van der Waals surface area contributed by atoms with E-state index in [0.29, 0.717) is 12.1 Å². The van der Waals surface area contributed by atoms with Gasteiger partial charge >= 0.3 is 0 Å². The molecule has 1 unspecified atom stereocenters. The second kappa shape index (κ2) is 6.71. The summed E-state index contributed by atoms with van der Waals surface area (Å²) in [5.41, 5.74) is 1.46. The second-order valence-electron chi connectivity index (χ2n) is 6.84. The molecule has 1 saturated carbocycles. The fraction of sp³-hybridized carbons (Fsp3) is 0.450. The van der Waals surface area contributed by atoms with Crippen LogP contribution in [0.1, 0.15) is 37.3 Å². The van der Waals surface area contributed by atoms with E-state index in [-0.39, 0.29) is 0 Å². The lowest BCUT2D eigenvalue weighted by molar-refractivity contribution is 0.349. The lowest BCUT2D eigenvalue weighted by atomic mass is 9.98. The number of hydrogen-bond acceptors (Lipinski definition) is 3. The molecule has 120 valence electrons. The normalized spacial score (nSPS) is 20.4. The minimum atomic E-state index is 0.544. The highest BCUT2D eigenvalue weighted by Gasteiger charge is 2.34. The standard InChI is InChI=1S/C20H25N3/c1-2-6-16(7-3-1)20(17-9-10-17)22-18-11-14-23(15-12-18)19-8-4-5-13-21-19/h1-8,13,17-18,20,22H,9-12,14-15H2. The number of nitrogens with zero attached hydrogens (tertiary/aromatic N) is 2. The largest absolute Gasteiger partial charge is 0.357 e. The number of rotatable bonds is 5. The van der Waals surface area contributed by atoms with Crippen LogP contribution in [0.25, 0.3) is 0 Å². The fourth-order valence-electron chi connectivity index (χ4n) is 3.66. The molecule has 4 rings (SSSR count). The van der Waals surface area contributed by atoms with Crippen LogP contribution in [0.3, 0.4) is 0 Å². The van der Waals surface area contributed by atoms with Gasteiger partial charge in [-0.3, -0.25) is 0 Å². The molecule has 1 aliphatic carbocycles. The minimum absolute atomic E-state index is 0.544. The summed E-state index contributed by atoms with van der Waals surface area (Å²) in [6.07, 6.45) is 7.04. The Balaban J connectivity index is 1.37. The monoisotopic (exact) mass is 307 g/mol. The van der Waals surface area contributed by atoms with Gasteiger partial charge in [-0.15, -0.1) is 0 Å². The number of anilines is 1. The summed E-state index contributed by atoms with van der Waals surface area (Å²) < 4.78 is 0. The Kier molecular flexibility index (Phi) is 4.29. The summed E-state index contributed by atoms with van der Waals surface area (Å²) in [7, 11) is 0. The summed E-state index contributed by atoms with van der Waals surface area (Å²) in [6.45, 7) is 2.20. The molecule has 3 nitrogen and oxygen atoms in total. The van der Waals surface area contributed by atoms with Crippen LogP contribution in [0, 0.1) is 5.92 Å². The second-order valence-corrected chi connectivity index (χ2v) is 6.84. The maximum Gasteiger partial charge on any atom is 0.128 e. The zero-order chi connectivity index (χ0) is 15.5. The molecule has 0 amide bonds. The highest BCUT2D eigenvalue weighted by molar-refractivity contribution is 5.38. The molecule has 2 aliphatic rings. The van der Waals surface area contributed by atoms with E-state index in [0.717, 1.165) is 24.8 Å².